The molecule has 0 aliphatic carbocycles. The zero-order valence-electron chi connectivity index (χ0n) is 8.25. The van der Waals surface area contributed by atoms with Crippen molar-refractivity contribution in [2.75, 3.05) is 13.2 Å². The molecule has 0 amide bonds. The van der Waals surface area contributed by atoms with Gasteiger partial charge in [-0.05, 0) is 19.8 Å². The summed E-state index contributed by atoms with van der Waals surface area (Å²) >= 11 is 0. The molecule has 0 bridgehead atoms. The SMILES string of the molecule is CCOCCCC(=O)CCCC=O. The Labute approximate surface area is 79.5 Å². The number of carbonyl (C=O) groups excluding carboxylic acids is 2. The number of rotatable bonds is 9. The Bertz CT molecular complexity index is 143. The van der Waals surface area contributed by atoms with Crippen molar-refractivity contribution in [1.29, 1.82) is 0 Å². The molecule has 0 spiro atoms. The number of hydrogen-bond donors (Lipinski definition) is 0. The summed E-state index contributed by atoms with van der Waals surface area (Å²) in [5.41, 5.74) is 0. The Morgan fingerprint density at radius 2 is 2.00 bits per heavy atom. The lowest BCUT2D eigenvalue weighted by Crippen LogP contribution is -2.01. The fourth-order valence-electron chi connectivity index (χ4n) is 1.02. The number of ether oxygens (including phenoxy) is 1. The molecule has 0 aromatic carbocycles. The predicted octanol–water partition coefficient (Wildman–Crippen LogP) is 1.74. The van der Waals surface area contributed by atoms with Crippen LogP contribution in [-0.2, 0) is 14.3 Å². The lowest BCUT2D eigenvalue weighted by atomic mass is 10.1. The van der Waals surface area contributed by atoms with E-state index in [-0.39, 0.29) is 5.78 Å². The van der Waals surface area contributed by atoms with E-state index in [0.29, 0.717) is 38.9 Å². The van der Waals surface area contributed by atoms with Crippen LogP contribution in [0, 0.1) is 0 Å². The van der Waals surface area contributed by atoms with E-state index < -0.39 is 0 Å². The van der Waals surface area contributed by atoms with Gasteiger partial charge in [0.15, 0.2) is 0 Å². The van der Waals surface area contributed by atoms with Gasteiger partial charge in [0.25, 0.3) is 0 Å². The van der Waals surface area contributed by atoms with Crippen LogP contribution in [-0.4, -0.2) is 25.3 Å². The van der Waals surface area contributed by atoms with Crippen LogP contribution in [0.3, 0.4) is 0 Å². The highest BCUT2D eigenvalue weighted by molar-refractivity contribution is 5.78. The highest BCUT2D eigenvalue weighted by Gasteiger charge is 2.00. The van der Waals surface area contributed by atoms with Crippen LogP contribution in [0.25, 0.3) is 0 Å². The third kappa shape index (κ3) is 9.21. The van der Waals surface area contributed by atoms with E-state index >= 15 is 0 Å². The van der Waals surface area contributed by atoms with Gasteiger partial charge in [0, 0.05) is 32.5 Å². The largest absolute Gasteiger partial charge is 0.382 e. The van der Waals surface area contributed by atoms with Gasteiger partial charge >= 0.3 is 0 Å². The second kappa shape index (κ2) is 9.39. The number of ketones is 1. The molecular formula is C10H18O3. The predicted molar refractivity (Wildman–Crippen MR) is 50.6 cm³/mol. The maximum atomic E-state index is 11.1. The summed E-state index contributed by atoms with van der Waals surface area (Å²) in [7, 11) is 0. The van der Waals surface area contributed by atoms with Crippen LogP contribution in [0.4, 0.5) is 0 Å². The Morgan fingerprint density at radius 1 is 1.31 bits per heavy atom. The minimum Gasteiger partial charge on any atom is -0.382 e. The summed E-state index contributed by atoms with van der Waals surface area (Å²) in [6.45, 7) is 3.31. The van der Waals surface area contributed by atoms with Crippen molar-refractivity contribution in [3.8, 4) is 0 Å². The molecule has 3 nitrogen and oxygen atoms in total. The zero-order valence-corrected chi connectivity index (χ0v) is 8.25. The average Bonchev–Trinajstić information content (AvgIpc) is 2.13. The molecule has 76 valence electrons. The maximum absolute atomic E-state index is 11.1. The van der Waals surface area contributed by atoms with Crippen molar-refractivity contribution in [2.24, 2.45) is 0 Å². The second-order valence-corrected chi connectivity index (χ2v) is 2.90. The van der Waals surface area contributed by atoms with Crippen molar-refractivity contribution >= 4 is 12.1 Å². The first-order valence-corrected chi connectivity index (χ1v) is 4.84. The van der Waals surface area contributed by atoms with E-state index in [2.05, 4.69) is 0 Å². The van der Waals surface area contributed by atoms with Crippen LogP contribution < -0.4 is 0 Å². The average molecular weight is 186 g/mol. The molecular weight excluding hydrogens is 168 g/mol. The highest BCUT2D eigenvalue weighted by Crippen LogP contribution is 2.00. The normalized spacial score (nSPS) is 9.92. The maximum Gasteiger partial charge on any atom is 0.133 e. The van der Waals surface area contributed by atoms with Gasteiger partial charge in [0.2, 0.25) is 0 Å². The van der Waals surface area contributed by atoms with Crippen molar-refractivity contribution in [3.63, 3.8) is 0 Å². The minimum atomic E-state index is 0.238. The molecule has 0 unspecified atom stereocenters. The van der Waals surface area contributed by atoms with E-state index in [1.165, 1.54) is 0 Å². The fraction of sp³-hybridized carbons (Fsp3) is 0.800. The molecule has 0 heterocycles. The fourth-order valence-corrected chi connectivity index (χ4v) is 1.02. The highest BCUT2D eigenvalue weighted by atomic mass is 16.5. The number of aldehydes is 1. The summed E-state index contributed by atoms with van der Waals surface area (Å²) in [5, 5.41) is 0. The Kier molecular flexibility index (Phi) is 8.88. The monoisotopic (exact) mass is 186 g/mol. The third-order valence-corrected chi connectivity index (χ3v) is 1.73. The minimum absolute atomic E-state index is 0.238. The molecule has 0 saturated carbocycles. The van der Waals surface area contributed by atoms with Crippen molar-refractivity contribution < 1.29 is 14.3 Å². The van der Waals surface area contributed by atoms with Crippen LogP contribution in [0.5, 0.6) is 0 Å². The van der Waals surface area contributed by atoms with Crippen LogP contribution >= 0.6 is 0 Å². The third-order valence-electron chi connectivity index (χ3n) is 1.73. The number of Topliss-reactive ketones (excluding diaryl/α,β-unsaturated/α-hetero) is 1. The number of unbranched alkanes of at least 4 members (excludes halogenated alkanes) is 1. The molecule has 0 atom stereocenters. The Hall–Kier alpha value is -0.700. The van der Waals surface area contributed by atoms with Gasteiger partial charge in [-0.3, -0.25) is 4.79 Å². The smallest absolute Gasteiger partial charge is 0.133 e. The van der Waals surface area contributed by atoms with Gasteiger partial charge in [0.1, 0.15) is 12.1 Å². The van der Waals surface area contributed by atoms with E-state index in [1.54, 1.807) is 0 Å². The molecule has 0 saturated heterocycles. The van der Waals surface area contributed by atoms with Gasteiger partial charge in [-0.15, -0.1) is 0 Å². The molecule has 0 N–H and O–H groups in total. The Morgan fingerprint density at radius 3 is 2.62 bits per heavy atom. The summed E-state index contributed by atoms with van der Waals surface area (Å²) in [6.07, 6.45) is 3.96. The lowest BCUT2D eigenvalue weighted by Gasteiger charge is -2.00. The van der Waals surface area contributed by atoms with E-state index in [0.717, 1.165) is 12.7 Å². The first-order chi connectivity index (χ1) is 6.31. The summed E-state index contributed by atoms with van der Waals surface area (Å²) in [4.78, 5) is 21.1. The quantitative estimate of drug-likeness (QED) is 0.407. The van der Waals surface area contributed by atoms with E-state index in [9.17, 15) is 9.59 Å². The molecule has 3 heteroatoms. The summed E-state index contributed by atoms with van der Waals surface area (Å²) < 4.78 is 5.10. The lowest BCUT2D eigenvalue weighted by molar-refractivity contribution is -0.119. The Balaban J connectivity index is 3.15. The van der Waals surface area contributed by atoms with Gasteiger partial charge in [-0.25, -0.2) is 0 Å². The molecule has 0 aliphatic rings. The van der Waals surface area contributed by atoms with Gasteiger partial charge < -0.3 is 9.53 Å². The molecule has 0 radical (unpaired) electrons. The molecule has 13 heavy (non-hydrogen) atoms. The van der Waals surface area contributed by atoms with Crippen LogP contribution in [0.1, 0.15) is 39.0 Å². The van der Waals surface area contributed by atoms with Gasteiger partial charge in [0.05, 0.1) is 0 Å². The van der Waals surface area contributed by atoms with Crippen molar-refractivity contribution in [1.82, 2.24) is 0 Å². The van der Waals surface area contributed by atoms with E-state index in [4.69, 9.17) is 4.74 Å². The first kappa shape index (κ1) is 12.3. The zero-order chi connectivity index (χ0) is 9.94. The molecule has 0 aromatic rings. The van der Waals surface area contributed by atoms with E-state index in [1.807, 2.05) is 6.92 Å². The van der Waals surface area contributed by atoms with Gasteiger partial charge in [-0.1, -0.05) is 0 Å². The summed E-state index contributed by atoms with van der Waals surface area (Å²) in [6, 6.07) is 0. The molecule has 0 aromatic heterocycles. The number of hydrogen-bond acceptors (Lipinski definition) is 3. The van der Waals surface area contributed by atoms with Crippen molar-refractivity contribution in [3.05, 3.63) is 0 Å². The topological polar surface area (TPSA) is 43.4 Å². The number of carbonyl (C=O) groups is 2. The summed E-state index contributed by atoms with van der Waals surface area (Å²) in [5.74, 6) is 0.238. The van der Waals surface area contributed by atoms with Crippen LogP contribution in [0.15, 0.2) is 0 Å². The van der Waals surface area contributed by atoms with Crippen molar-refractivity contribution in [2.45, 2.75) is 39.0 Å². The second-order valence-electron chi connectivity index (χ2n) is 2.90. The molecule has 0 rings (SSSR count). The standard InChI is InChI=1S/C10H18O3/c1-2-13-9-5-7-10(12)6-3-4-8-11/h8H,2-7,9H2,1H3. The first-order valence-electron chi connectivity index (χ1n) is 4.84. The van der Waals surface area contributed by atoms with Crippen LogP contribution in [0.2, 0.25) is 0 Å². The molecule has 0 fully saturated rings. The van der Waals surface area contributed by atoms with Gasteiger partial charge in [-0.2, -0.15) is 0 Å². The molecule has 0 aliphatic heterocycles.